The molecule has 0 N–H and O–H groups in total. The summed E-state index contributed by atoms with van der Waals surface area (Å²) in [5.74, 6) is 0.432. The van der Waals surface area contributed by atoms with Gasteiger partial charge < -0.3 is 4.57 Å². The predicted molar refractivity (Wildman–Crippen MR) is 109 cm³/mol. The van der Waals surface area contributed by atoms with Gasteiger partial charge in [0, 0.05) is 35.7 Å². The average Bonchev–Trinajstić information content (AvgIpc) is 2.99. The number of aromatic nitrogens is 1. The van der Waals surface area contributed by atoms with Gasteiger partial charge in [-0.2, -0.15) is 4.99 Å². The van der Waals surface area contributed by atoms with Crippen LogP contribution in [0.25, 0.3) is 10.2 Å². The second-order valence-electron chi connectivity index (χ2n) is 5.61. The lowest BCUT2D eigenvalue weighted by Gasteiger charge is -2.01. The summed E-state index contributed by atoms with van der Waals surface area (Å²) in [6, 6.07) is 14.5. The van der Waals surface area contributed by atoms with Gasteiger partial charge in [0.1, 0.15) is 0 Å². The summed E-state index contributed by atoms with van der Waals surface area (Å²) in [6.07, 6.45) is 2.03. The zero-order chi connectivity index (χ0) is 19.2. The molecule has 0 aliphatic carbocycles. The van der Waals surface area contributed by atoms with E-state index in [-0.39, 0.29) is 11.6 Å². The lowest BCUT2D eigenvalue weighted by atomic mass is 10.3. The Balaban J connectivity index is 1.82. The summed E-state index contributed by atoms with van der Waals surface area (Å²) in [5.41, 5.74) is 0.822. The van der Waals surface area contributed by atoms with Crippen LogP contribution in [0.5, 0.6) is 0 Å². The first-order chi connectivity index (χ1) is 13.1. The molecule has 0 atom stereocenters. The van der Waals surface area contributed by atoms with Crippen LogP contribution in [0.4, 0.5) is 5.69 Å². The van der Waals surface area contributed by atoms with E-state index in [0.29, 0.717) is 23.5 Å². The van der Waals surface area contributed by atoms with Gasteiger partial charge in [0.15, 0.2) is 4.80 Å². The highest BCUT2D eigenvalue weighted by Crippen LogP contribution is 2.23. The zero-order valence-electron chi connectivity index (χ0n) is 14.4. The van der Waals surface area contributed by atoms with E-state index in [9.17, 15) is 14.9 Å². The number of nitro benzene ring substituents is 1. The third kappa shape index (κ3) is 4.72. The van der Waals surface area contributed by atoms with E-state index in [1.54, 1.807) is 23.9 Å². The third-order valence-corrected chi connectivity index (χ3v) is 5.79. The smallest absolute Gasteiger partial charge is 0.270 e. The molecule has 27 heavy (non-hydrogen) atoms. The van der Waals surface area contributed by atoms with E-state index in [2.05, 4.69) is 11.6 Å². The highest BCUT2D eigenvalue weighted by atomic mass is 32.2. The lowest BCUT2D eigenvalue weighted by molar-refractivity contribution is -0.384. The quantitative estimate of drug-likeness (QED) is 0.255. The van der Waals surface area contributed by atoms with Crippen LogP contribution in [0.3, 0.4) is 0 Å². The number of nitrogens with zero attached hydrogens (tertiary/aromatic N) is 3. The normalized spacial score (nSPS) is 11.6. The zero-order valence-corrected chi connectivity index (χ0v) is 16.0. The van der Waals surface area contributed by atoms with Crippen LogP contribution in [0, 0.1) is 10.1 Å². The topological polar surface area (TPSA) is 77.5 Å². The number of amides is 1. The van der Waals surface area contributed by atoms with E-state index in [1.807, 2.05) is 34.9 Å². The molecule has 0 spiro atoms. The standard InChI is InChI=1S/C19H17N3O3S2/c1-2-11-21-16-9-8-14(22(24)25)13-17(16)27-19(21)20-18(23)10-12-26-15-6-4-3-5-7-15/h2-9,13H,1,10-12H2. The Kier molecular flexibility index (Phi) is 6.20. The Morgan fingerprint density at radius 1 is 1.30 bits per heavy atom. The number of carbonyl (C=O) groups is 1. The fourth-order valence-electron chi connectivity index (χ4n) is 2.50. The molecule has 2 aromatic carbocycles. The number of rotatable bonds is 7. The van der Waals surface area contributed by atoms with Crippen molar-refractivity contribution in [1.29, 1.82) is 0 Å². The van der Waals surface area contributed by atoms with E-state index >= 15 is 0 Å². The first kappa shape index (κ1) is 19.1. The summed E-state index contributed by atoms with van der Waals surface area (Å²) in [5, 5.41) is 11.0. The number of benzene rings is 2. The number of allylic oxidation sites excluding steroid dienone is 1. The monoisotopic (exact) mass is 399 g/mol. The summed E-state index contributed by atoms with van der Waals surface area (Å²) in [7, 11) is 0. The van der Waals surface area contributed by atoms with Crippen LogP contribution in [0.1, 0.15) is 6.42 Å². The van der Waals surface area contributed by atoms with Gasteiger partial charge in [0.25, 0.3) is 5.69 Å². The number of thioether (sulfide) groups is 1. The van der Waals surface area contributed by atoms with Crippen LogP contribution >= 0.6 is 23.1 Å². The van der Waals surface area contributed by atoms with Gasteiger partial charge in [-0.1, -0.05) is 35.6 Å². The molecule has 0 aliphatic heterocycles. The van der Waals surface area contributed by atoms with E-state index in [0.717, 1.165) is 15.1 Å². The number of thiazole rings is 1. The Morgan fingerprint density at radius 2 is 2.07 bits per heavy atom. The molecule has 8 heteroatoms. The van der Waals surface area contributed by atoms with Gasteiger partial charge in [-0.25, -0.2) is 0 Å². The largest absolute Gasteiger partial charge is 0.312 e. The van der Waals surface area contributed by atoms with Crippen LogP contribution in [0.15, 0.2) is 71.1 Å². The highest BCUT2D eigenvalue weighted by molar-refractivity contribution is 7.99. The lowest BCUT2D eigenvalue weighted by Crippen LogP contribution is -2.16. The molecule has 0 radical (unpaired) electrons. The number of hydrogen-bond donors (Lipinski definition) is 0. The first-order valence-electron chi connectivity index (χ1n) is 8.22. The van der Waals surface area contributed by atoms with Crippen molar-refractivity contribution in [2.24, 2.45) is 4.99 Å². The summed E-state index contributed by atoms with van der Waals surface area (Å²) in [6.45, 7) is 4.21. The van der Waals surface area contributed by atoms with Gasteiger partial charge in [0.2, 0.25) is 5.91 Å². The maximum atomic E-state index is 12.3. The van der Waals surface area contributed by atoms with Gasteiger partial charge in [-0.15, -0.1) is 18.3 Å². The molecule has 0 saturated heterocycles. The van der Waals surface area contributed by atoms with Crippen molar-refractivity contribution in [3.05, 3.63) is 76.1 Å². The van der Waals surface area contributed by atoms with Crippen molar-refractivity contribution in [3.63, 3.8) is 0 Å². The van der Waals surface area contributed by atoms with Crippen molar-refractivity contribution < 1.29 is 9.72 Å². The number of carbonyl (C=O) groups excluding carboxylic acids is 1. The minimum Gasteiger partial charge on any atom is -0.312 e. The van der Waals surface area contributed by atoms with Gasteiger partial charge in [0.05, 0.1) is 15.1 Å². The van der Waals surface area contributed by atoms with Crippen LogP contribution < -0.4 is 4.80 Å². The van der Waals surface area contributed by atoms with E-state index in [1.165, 1.54) is 23.5 Å². The molecule has 0 fully saturated rings. The molecular formula is C19H17N3O3S2. The number of hydrogen-bond acceptors (Lipinski definition) is 5. The number of non-ortho nitro benzene ring substituents is 1. The summed E-state index contributed by atoms with van der Waals surface area (Å²) < 4.78 is 2.56. The van der Waals surface area contributed by atoms with Crippen molar-refractivity contribution in [2.45, 2.75) is 17.9 Å². The molecule has 0 unspecified atom stereocenters. The molecule has 0 bridgehead atoms. The second kappa shape index (κ2) is 8.79. The highest BCUT2D eigenvalue weighted by Gasteiger charge is 2.12. The maximum absolute atomic E-state index is 12.3. The molecule has 1 amide bonds. The maximum Gasteiger partial charge on any atom is 0.270 e. The van der Waals surface area contributed by atoms with Crippen LogP contribution in [-0.2, 0) is 11.3 Å². The molecular weight excluding hydrogens is 382 g/mol. The van der Waals surface area contributed by atoms with Gasteiger partial charge >= 0.3 is 0 Å². The molecule has 0 saturated carbocycles. The van der Waals surface area contributed by atoms with Gasteiger partial charge in [-0.05, 0) is 18.2 Å². The Labute approximate surface area is 164 Å². The molecule has 6 nitrogen and oxygen atoms in total. The SMILES string of the molecule is C=CCn1c(=NC(=O)CCSc2ccccc2)sc2cc([N+](=O)[O-])ccc21. The minimum atomic E-state index is -0.431. The van der Waals surface area contributed by atoms with Crippen molar-refractivity contribution in [1.82, 2.24) is 4.57 Å². The van der Waals surface area contributed by atoms with Crippen LogP contribution in [-0.4, -0.2) is 21.2 Å². The first-order valence-corrected chi connectivity index (χ1v) is 10.0. The summed E-state index contributed by atoms with van der Waals surface area (Å²) >= 11 is 2.88. The summed E-state index contributed by atoms with van der Waals surface area (Å²) in [4.78, 5) is 28.7. The third-order valence-electron chi connectivity index (χ3n) is 3.74. The van der Waals surface area contributed by atoms with Gasteiger partial charge in [-0.3, -0.25) is 14.9 Å². The van der Waals surface area contributed by atoms with Crippen molar-refractivity contribution in [2.75, 3.05) is 5.75 Å². The number of nitro groups is 1. The molecule has 3 aromatic rings. The molecule has 1 heterocycles. The van der Waals surface area contributed by atoms with Crippen LogP contribution in [0.2, 0.25) is 0 Å². The predicted octanol–water partition coefficient (Wildman–Crippen LogP) is 4.41. The minimum absolute atomic E-state index is 0.0200. The van der Waals surface area contributed by atoms with Crippen molar-refractivity contribution >= 4 is 44.9 Å². The fraction of sp³-hybridized carbons (Fsp3) is 0.158. The second-order valence-corrected chi connectivity index (χ2v) is 7.79. The van der Waals surface area contributed by atoms with Crippen molar-refractivity contribution in [3.8, 4) is 0 Å². The average molecular weight is 399 g/mol. The Bertz CT molecular complexity index is 1050. The van der Waals surface area contributed by atoms with E-state index in [4.69, 9.17) is 0 Å². The van der Waals surface area contributed by atoms with E-state index < -0.39 is 4.92 Å². The molecule has 3 rings (SSSR count). The Hall–Kier alpha value is -2.71. The molecule has 138 valence electrons. The molecule has 0 aliphatic rings. The number of fused-ring (bicyclic) bond motifs is 1. The molecule has 1 aromatic heterocycles. The fourth-order valence-corrected chi connectivity index (χ4v) is 4.45. The Morgan fingerprint density at radius 3 is 2.78 bits per heavy atom.